The Kier molecular flexibility index (Phi) is 3.88. The quantitative estimate of drug-likeness (QED) is 0.778. The highest BCUT2D eigenvalue weighted by Gasteiger charge is 2.51. The molecule has 2 atom stereocenters. The Labute approximate surface area is 150 Å². The molecule has 6 nitrogen and oxygen atoms in total. The van der Waals surface area contributed by atoms with Gasteiger partial charge < -0.3 is 0 Å². The number of hydrogen-bond acceptors (Lipinski definition) is 4. The number of nitrogens with zero attached hydrogens (tertiary/aromatic N) is 2. The molecule has 0 aromatic heterocycles. The molecule has 2 heterocycles. The van der Waals surface area contributed by atoms with Crippen molar-refractivity contribution in [3.63, 3.8) is 0 Å². The number of benzene rings is 2. The number of fused-ring (bicyclic) bond motifs is 1. The van der Waals surface area contributed by atoms with Gasteiger partial charge in [0.2, 0.25) is 11.8 Å². The Hall–Kier alpha value is -3.28. The topological polar surface area (TPSA) is 74.8 Å². The summed E-state index contributed by atoms with van der Waals surface area (Å²) in [5, 5.41) is 1.48. The molecule has 2 aromatic carbocycles. The number of amides is 4. The van der Waals surface area contributed by atoms with E-state index in [1.807, 2.05) is 12.1 Å². The van der Waals surface area contributed by atoms with Crippen LogP contribution < -0.4 is 0 Å². The molecular formula is C20H16N2O4. The van der Waals surface area contributed by atoms with Crippen molar-refractivity contribution in [1.82, 2.24) is 10.0 Å². The summed E-state index contributed by atoms with van der Waals surface area (Å²) in [7, 11) is 0. The smallest absolute Gasteiger partial charge is 0.256 e. The van der Waals surface area contributed by atoms with Crippen molar-refractivity contribution in [2.45, 2.75) is 24.7 Å². The van der Waals surface area contributed by atoms with Gasteiger partial charge in [0.1, 0.15) is 0 Å². The summed E-state index contributed by atoms with van der Waals surface area (Å²) in [6.45, 7) is 0. The van der Waals surface area contributed by atoms with Gasteiger partial charge in [0.05, 0.1) is 11.8 Å². The lowest BCUT2D eigenvalue weighted by molar-refractivity contribution is -0.191. The van der Waals surface area contributed by atoms with Crippen LogP contribution in [0, 0.1) is 0 Å². The zero-order chi connectivity index (χ0) is 18.3. The minimum Gasteiger partial charge on any atom is -0.272 e. The highest BCUT2D eigenvalue weighted by molar-refractivity contribution is 6.14. The van der Waals surface area contributed by atoms with Crippen LogP contribution in [0.5, 0.6) is 0 Å². The minimum atomic E-state index is -0.745. The molecule has 0 aliphatic carbocycles. The van der Waals surface area contributed by atoms with Crippen LogP contribution in [0.1, 0.15) is 35.8 Å². The van der Waals surface area contributed by atoms with Gasteiger partial charge >= 0.3 is 0 Å². The Morgan fingerprint density at radius 1 is 0.577 bits per heavy atom. The summed E-state index contributed by atoms with van der Waals surface area (Å²) in [4.78, 5) is 51.0. The van der Waals surface area contributed by atoms with Gasteiger partial charge in [-0.05, 0) is 11.1 Å². The van der Waals surface area contributed by atoms with Gasteiger partial charge in [0, 0.05) is 12.8 Å². The summed E-state index contributed by atoms with van der Waals surface area (Å²) in [5.41, 5.74) is 1.33. The van der Waals surface area contributed by atoms with Crippen molar-refractivity contribution < 1.29 is 19.2 Å². The van der Waals surface area contributed by atoms with E-state index in [9.17, 15) is 19.2 Å². The third kappa shape index (κ3) is 2.50. The molecule has 2 aliphatic heterocycles. The number of carbonyl (C=O) groups is 4. The van der Waals surface area contributed by atoms with Crippen molar-refractivity contribution in [3.8, 4) is 0 Å². The standard InChI is InChI=1S/C20H16N2O4/c23-17-11-15(13-7-3-1-4-8-13)19(25)21-18(24)12-16(20(26)22(17)21)14-9-5-2-6-10-14/h1-10,15-16H,11-12H2/t15-,16-/m0/s1. The average Bonchev–Trinajstić information content (AvgIpc) is 2.67. The molecule has 0 N–H and O–H groups in total. The number of hydrogen-bond donors (Lipinski definition) is 0. The predicted octanol–water partition coefficient (Wildman–Crippen LogP) is 1.99. The van der Waals surface area contributed by atoms with Crippen molar-refractivity contribution in [2.75, 3.05) is 0 Å². The third-order valence-corrected chi connectivity index (χ3v) is 4.85. The second-order valence-corrected chi connectivity index (χ2v) is 6.42. The van der Waals surface area contributed by atoms with Crippen molar-refractivity contribution in [2.24, 2.45) is 0 Å². The molecule has 2 aliphatic rings. The van der Waals surface area contributed by atoms with Gasteiger partial charge in [-0.15, -0.1) is 0 Å². The van der Waals surface area contributed by atoms with E-state index >= 15 is 0 Å². The first-order valence-electron chi connectivity index (χ1n) is 8.41. The van der Waals surface area contributed by atoms with E-state index in [0.29, 0.717) is 11.1 Å². The number of imide groups is 2. The lowest BCUT2D eigenvalue weighted by atomic mass is 9.88. The van der Waals surface area contributed by atoms with E-state index in [0.717, 1.165) is 10.0 Å². The molecule has 0 unspecified atom stereocenters. The molecule has 0 bridgehead atoms. The normalized spacial score (nSPS) is 23.2. The van der Waals surface area contributed by atoms with Gasteiger partial charge in [-0.1, -0.05) is 60.7 Å². The van der Waals surface area contributed by atoms with Crippen LogP contribution in [0.15, 0.2) is 60.7 Å². The molecule has 2 aromatic rings. The van der Waals surface area contributed by atoms with Crippen LogP contribution in [0.25, 0.3) is 0 Å². The van der Waals surface area contributed by atoms with E-state index in [1.165, 1.54) is 0 Å². The fourth-order valence-corrected chi connectivity index (χ4v) is 3.55. The van der Waals surface area contributed by atoms with Gasteiger partial charge in [0.25, 0.3) is 11.8 Å². The van der Waals surface area contributed by atoms with E-state index in [-0.39, 0.29) is 12.8 Å². The van der Waals surface area contributed by atoms with Gasteiger partial charge in [0.15, 0.2) is 0 Å². The first kappa shape index (κ1) is 16.2. The lowest BCUT2D eigenvalue weighted by Gasteiger charge is -2.43. The second-order valence-electron chi connectivity index (χ2n) is 6.42. The summed E-state index contributed by atoms with van der Waals surface area (Å²) < 4.78 is 0. The molecule has 4 rings (SSSR count). The molecule has 6 heteroatoms. The first-order chi connectivity index (χ1) is 12.6. The number of carbonyl (C=O) groups excluding carboxylic acids is 4. The van der Waals surface area contributed by atoms with Crippen molar-refractivity contribution in [3.05, 3.63) is 71.8 Å². The molecule has 130 valence electrons. The van der Waals surface area contributed by atoms with Crippen LogP contribution in [0.2, 0.25) is 0 Å². The first-order valence-corrected chi connectivity index (χ1v) is 8.41. The van der Waals surface area contributed by atoms with Crippen LogP contribution in [-0.4, -0.2) is 33.6 Å². The van der Waals surface area contributed by atoms with Gasteiger partial charge in [-0.3, -0.25) is 19.2 Å². The summed E-state index contributed by atoms with van der Waals surface area (Å²) in [5.74, 6) is -3.61. The highest BCUT2D eigenvalue weighted by Crippen LogP contribution is 2.36. The number of rotatable bonds is 2. The Morgan fingerprint density at radius 3 is 1.27 bits per heavy atom. The zero-order valence-corrected chi connectivity index (χ0v) is 13.9. The SMILES string of the molecule is O=C1C[C@@H](c2ccccc2)C(=O)N2C(=O)C[C@@H](c3ccccc3)C(=O)N12. The molecule has 2 saturated heterocycles. The van der Waals surface area contributed by atoms with Crippen molar-refractivity contribution in [1.29, 1.82) is 0 Å². The molecule has 4 amide bonds. The van der Waals surface area contributed by atoms with E-state index < -0.39 is 35.5 Å². The van der Waals surface area contributed by atoms with E-state index in [2.05, 4.69) is 0 Å². The molecule has 0 radical (unpaired) electrons. The Bertz CT molecular complexity index is 819. The molecule has 2 fully saturated rings. The average molecular weight is 348 g/mol. The van der Waals surface area contributed by atoms with Gasteiger partial charge in [-0.25, -0.2) is 0 Å². The minimum absolute atomic E-state index is 0.125. The maximum Gasteiger partial charge on any atom is 0.256 e. The Balaban J connectivity index is 1.68. The molecule has 0 saturated carbocycles. The van der Waals surface area contributed by atoms with Crippen LogP contribution in [-0.2, 0) is 19.2 Å². The monoisotopic (exact) mass is 348 g/mol. The summed E-state index contributed by atoms with van der Waals surface area (Å²) in [6, 6.07) is 17.7. The molecule has 0 spiro atoms. The summed E-state index contributed by atoms with van der Waals surface area (Å²) in [6.07, 6.45) is -0.250. The Morgan fingerprint density at radius 2 is 0.923 bits per heavy atom. The maximum absolute atomic E-state index is 12.9. The number of hydrazine groups is 1. The molecular weight excluding hydrogens is 332 g/mol. The third-order valence-electron chi connectivity index (χ3n) is 4.85. The fourth-order valence-electron chi connectivity index (χ4n) is 3.55. The highest BCUT2D eigenvalue weighted by atomic mass is 16.2. The fraction of sp³-hybridized carbons (Fsp3) is 0.200. The van der Waals surface area contributed by atoms with E-state index in [4.69, 9.17) is 0 Å². The van der Waals surface area contributed by atoms with Crippen LogP contribution in [0.4, 0.5) is 0 Å². The molecule has 26 heavy (non-hydrogen) atoms. The second kappa shape index (κ2) is 6.22. The van der Waals surface area contributed by atoms with E-state index in [1.54, 1.807) is 48.5 Å². The zero-order valence-electron chi connectivity index (χ0n) is 13.9. The predicted molar refractivity (Wildman–Crippen MR) is 91.3 cm³/mol. The summed E-state index contributed by atoms with van der Waals surface area (Å²) >= 11 is 0. The largest absolute Gasteiger partial charge is 0.272 e. The lowest BCUT2D eigenvalue weighted by Crippen LogP contribution is -2.64. The van der Waals surface area contributed by atoms with Crippen LogP contribution in [0.3, 0.4) is 0 Å². The van der Waals surface area contributed by atoms with Gasteiger partial charge in [-0.2, -0.15) is 10.0 Å². The van der Waals surface area contributed by atoms with Crippen molar-refractivity contribution >= 4 is 23.6 Å². The maximum atomic E-state index is 12.9. The van der Waals surface area contributed by atoms with Crippen LogP contribution >= 0.6 is 0 Å².